The zero-order valence-electron chi connectivity index (χ0n) is 12.0. The average Bonchev–Trinajstić information content (AvgIpc) is 2.76. The Kier molecular flexibility index (Phi) is 3.81. The van der Waals surface area contributed by atoms with Crippen molar-refractivity contribution >= 4 is 10.1 Å². The van der Waals surface area contributed by atoms with Gasteiger partial charge in [-0.05, 0) is 44.7 Å². The minimum absolute atomic E-state index is 0.138. The van der Waals surface area contributed by atoms with Crippen LogP contribution in [-0.2, 0) is 19.0 Å². The van der Waals surface area contributed by atoms with Gasteiger partial charge in [-0.1, -0.05) is 17.7 Å². The molecule has 0 aromatic heterocycles. The Morgan fingerprint density at radius 2 is 2.00 bits per heavy atom. The van der Waals surface area contributed by atoms with Crippen LogP contribution in [0.25, 0.3) is 0 Å². The number of rotatable bonds is 3. The Bertz CT molecular complexity index is 609. The van der Waals surface area contributed by atoms with E-state index in [9.17, 15) is 13.5 Å². The lowest BCUT2D eigenvalue weighted by Gasteiger charge is -2.36. The van der Waals surface area contributed by atoms with Crippen molar-refractivity contribution in [2.45, 2.75) is 55.3 Å². The van der Waals surface area contributed by atoms with Gasteiger partial charge in [0.1, 0.15) is 12.2 Å². The topological polar surface area (TPSA) is 72.8 Å². The van der Waals surface area contributed by atoms with Gasteiger partial charge in [-0.3, -0.25) is 4.18 Å². The van der Waals surface area contributed by atoms with E-state index in [1.807, 2.05) is 6.92 Å². The lowest BCUT2D eigenvalue weighted by molar-refractivity contribution is -0.148. The molecule has 1 saturated heterocycles. The SMILES string of the molecule is Cc1ccc(S(=O)(=O)O[C@H]2CC[C@@]3(O)CCCO[C@@H]23)cc1. The lowest BCUT2D eigenvalue weighted by Crippen LogP contribution is -2.48. The summed E-state index contributed by atoms with van der Waals surface area (Å²) in [6.45, 7) is 2.43. The molecule has 1 saturated carbocycles. The number of aliphatic hydroxyl groups is 1. The van der Waals surface area contributed by atoms with Gasteiger partial charge in [-0.2, -0.15) is 8.42 Å². The van der Waals surface area contributed by atoms with Gasteiger partial charge in [0.15, 0.2) is 0 Å². The first-order valence-corrected chi connectivity index (χ1v) is 8.65. The molecule has 0 radical (unpaired) electrons. The van der Waals surface area contributed by atoms with Crippen LogP contribution >= 0.6 is 0 Å². The van der Waals surface area contributed by atoms with Crippen molar-refractivity contribution in [3.05, 3.63) is 29.8 Å². The highest BCUT2D eigenvalue weighted by molar-refractivity contribution is 7.86. The van der Waals surface area contributed by atoms with Gasteiger partial charge in [0, 0.05) is 6.61 Å². The molecule has 1 aliphatic heterocycles. The van der Waals surface area contributed by atoms with Crippen LogP contribution in [0.2, 0.25) is 0 Å². The molecule has 0 spiro atoms. The van der Waals surface area contributed by atoms with Crippen LogP contribution in [0.5, 0.6) is 0 Å². The van der Waals surface area contributed by atoms with Crippen LogP contribution < -0.4 is 0 Å². The molecule has 1 N–H and O–H groups in total. The molecule has 0 amide bonds. The third-order valence-corrected chi connectivity index (χ3v) is 5.69. The van der Waals surface area contributed by atoms with Crippen LogP contribution in [-0.4, -0.2) is 37.9 Å². The number of hydrogen-bond donors (Lipinski definition) is 1. The Morgan fingerprint density at radius 1 is 1.29 bits per heavy atom. The second kappa shape index (κ2) is 5.35. The molecule has 116 valence electrons. The van der Waals surface area contributed by atoms with Crippen molar-refractivity contribution in [1.29, 1.82) is 0 Å². The van der Waals surface area contributed by atoms with Crippen molar-refractivity contribution < 1.29 is 22.4 Å². The molecular weight excluding hydrogens is 292 g/mol. The first kappa shape index (κ1) is 15.0. The first-order chi connectivity index (χ1) is 9.91. The highest BCUT2D eigenvalue weighted by Gasteiger charge is 2.51. The van der Waals surface area contributed by atoms with Crippen LogP contribution in [0.15, 0.2) is 29.2 Å². The van der Waals surface area contributed by atoms with Crippen molar-refractivity contribution in [3.8, 4) is 0 Å². The Morgan fingerprint density at radius 3 is 2.71 bits per heavy atom. The second-order valence-corrected chi connectivity index (χ2v) is 7.51. The molecule has 2 aliphatic rings. The highest BCUT2D eigenvalue weighted by atomic mass is 32.2. The summed E-state index contributed by atoms with van der Waals surface area (Å²) in [6.07, 6.45) is 1.29. The predicted octanol–water partition coefficient (Wildman–Crippen LogP) is 1.77. The van der Waals surface area contributed by atoms with Gasteiger partial charge < -0.3 is 9.84 Å². The van der Waals surface area contributed by atoms with Crippen molar-refractivity contribution in [2.75, 3.05) is 6.61 Å². The first-order valence-electron chi connectivity index (χ1n) is 7.25. The third-order valence-electron chi connectivity index (χ3n) is 4.34. The molecule has 3 rings (SSSR count). The molecule has 1 heterocycles. The van der Waals surface area contributed by atoms with Crippen LogP contribution in [0, 0.1) is 6.92 Å². The van der Waals surface area contributed by atoms with Gasteiger partial charge in [-0.15, -0.1) is 0 Å². The Hall–Kier alpha value is -0.950. The molecule has 3 atom stereocenters. The van der Waals surface area contributed by atoms with Crippen molar-refractivity contribution in [2.24, 2.45) is 0 Å². The van der Waals surface area contributed by atoms with E-state index >= 15 is 0 Å². The molecule has 21 heavy (non-hydrogen) atoms. The van der Waals surface area contributed by atoms with Gasteiger partial charge >= 0.3 is 0 Å². The maximum atomic E-state index is 12.3. The minimum atomic E-state index is -3.83. The van der Waals surface area contributed by atoms with E-state index in [1.54, 1.807) is 12.1 Å². The van der Waals surface area contributed by atoms with E-state index < -0.39 is 27.9 Å². The normalized spacial score (nSPS) is 32.9. The number of hydrogen-bond acceptors (Lipinski definition) is 5. The van der Waals surface area contributed by atoms with E-state index in [1.165, 1.54) is 12.1 Å². The predicted molar refractivity (Wildman–Crippen MR) is 76.4 cm³/mol. The summed E-state index contributed by atoms with van der Waals surface area (Å²) in [5.74, 6) is 0. The van der Waals surface area contributed by atoms with Crippen LogP contribution in [0.1, 0.15) is 31.2 Å². The van der Waals surface area contributed by atoms with Crippen LogP contribution in [0.4, 0.5) is 0 Å². The summed E-state index contributed by atoms with van der Waals surface area (Å²) in [5, 5.41) is 10.5. The molecule has 1 aromatic rings. The number of aryl methyl sites for hydroxylation is 1. The standard InChI is InChI=1S/C15H20O5S/c1-11-3-5-12(6-4-11)21(17,18)20-13-7-9-15(16)8-2-10-19-14(13)15/h3-6,13-14,16H,2,7-10H2,1H3/t13-,14-,15-/m0/s1. The number of benzene rings is 1. The maximum absolute atomic E-state index is 12.3. The average molecular weight is 312 g/mol. The molecule has 1 aromatic carbocycles. The fraction of sp³-hybridized carbons (Fsp3) is 0.600. The molecule has 6 heteroatoms. The molecular formula is C15H20O5S. The molecule has 0 bridgehead atoms. The van der Waals surface area contributed by atoms with E-state index in [2.05, 4.69) is 0 Å². The zero-order chi connectivity index (χ0) is 15.1. The summed E-state index contributed by atoms with van der Waals surface area (Å²) < 4.78 is 35.6. The Labute approximate surface area is 125 Å². The lowest BCUT2D eigenvalue weighted by atomic mass is 9.91. The fourth-order valence-electron chi connectivity index (χ4n) is 3.17. The minimum Gasteiger partial charge on any atom is -0.387 e. The van der Waals surface area contributed by atoms with Gasteiger partial charge in [-0.25, -0.2) is 0 Å². The van der Waals surface area contributed by atoms with Crippen molar-refractivity contribution in [3.63, 3.8) is 0 Å². The number of ether oxygens (including phenoxy) is 1. The molecule has 5 nitrogen and oxygen atoms in total. The fourth-order valence-corrected chi connectivity index (χ4v) is 4.28. The maximum Gasteiger partial charge on any atom is 0.297 e. The monoisotopic (exact) mass is 312 g/mol. The van der Waals surface area contributed by atoms with Gasteiger partial charge in [0.25, 0.3) is 10.1 Å². The largest absolute Gasteiger partial charge is 0.387 e. The third kappa shape index (κ3) is 2.85. The summed E-state index contributed by atoms with van der Waals surface area (Å²) in [6, 6.07) is 6.54. The molecule has 1 aliphatic carbocycles. The van der Waals surface area contributed by atoms with Crippen LogP contribution in [0.3, 0.4) is 0 Å². The summed E-state index contributed by atoms with van der Waals surface area (Å²) in [7, 11) is -3.83. The van der Waals surface area contributed by atoms with Gasteiger partial charge in [0.05, 0.1) is 10.5 Å². The zero-order valence-corrected chi connectivity index (χ0v) is 12.8. The quantitative estimate of drug-likeness (QED) is 0.861. The summed E-state index contributed by atoms with van der Waals surface area (Å²) >= 11 is 0. The van der Waals surface area contributed by atoms with Gasteiger partial charge in [0.2, 0.25) is 0 Å². The van der Waals surface area contributed by atoms with E-state index in [0.29, 0.717) is 25.9 Å². The molecule has 2 fully saturated rings. The summed E-state index contributed by atoms with van der Waals surface area (Å²) in [4.78, 5) is 0.138. The summed E-state index contributed by atoms with van der Waals surface area (Å²) in [5.41, 5.74) is 0.0472. The Balaban J connectivity index is 1.78. The smallest absolute Gasteiger partial charge is 0.297 e. The van der Waals surface area contributed by atoms with Crippen molar-refractivity contribution in [1.82, 2.24) is 0 Å². The van der Waals surface area contributed by atoms with E-state index in [0.717, 1.165) is 12.0 Å². The van der Waals surface area contributed by atoms with E-state index in [-0.39, 0.29) is 4.90 Å². The van der Waals surface area contributed by atoms with E-state index in [4.69, 9.17) is 8.92 Å². The number of fused-ring (bicyclic) bond motifs is 1. The highest BCUT2D eigenvalue weighted by Crippen LogP contribution is 2.41. The molecule has 0 unspecified atom stereocenters. The second-order valence-electron chi connectivity index (χ2n) is 5.94.